The van der Waals surface area contributed by atoms with Crippen molar-refractivity contribution in [3.8, 4) is 0 Å². The van der Waals surface area contributed by atoms with Crippen LogP contribution in [0.3, 0.4) is 0 Å². The molecule has 4 heteroatoms. The summed E-state index contributed by atoms with van der Waals surface area (Å²) in [7, 11) is 2.19. The van der Waals surface area contributed by atoms with Crippen LogP contribution in [0, 0.1) is 0 Å². The molecule has 25 heavy (non-hydrogen) atoms. The molecule has 3 rings (SSSR count). The summed E-state index contributed by atoms with van der Waals surface area (Å²) >= 11 is 0. The number of aliphatic hydroxyl groups is 1. The number of piperazine rings is 1. The number of nitrogens with zero attached hydrogens (tertiary/aromatic N) is 2. The van der Waals surface area contributed by atoms with Crippen LogP contribution < -0.4 is 5.32 Å². The number of aliphatic hydroxyl groups excluding tert-OH is 1. The fraction of sp³-hybridized carbons (Fsp3) is 0.429. The Morgan fingerprint density at radius 2 is 1.72 bits per heavy atom. The lowest BCUT2D eigenvalue weighted by Crippen LogP contribution is -2.43. The van der Waals surface area contributed by atoms with E-state index in [0.717, 1.165) is 44.0 Å². The average molecular weight is 339 g/mol. The number of likely N-dealkylation sites (N-methyl/N-ethyl adjacent to an activating group) is 1. The van der Waals surface area contributed by atoms with Gasteiger partial charge in [-0.1, -0.05) is 36.4 Å². The van der Waals surface area contributed by atoms with Gasteiger partial charge >= 0.3 is 0 Å². The van der Waals surface area contributed by atoms with E-state index in [0.29, 0.717) is 0 Å². The maximum absolute atomic E-state index is 9.31. The fourth-order valence-corrected chi connectivity index (χ4v) is 3.32. The van der Waals surface area contributed by atoms with Gasteiger partial charge in [-0.15, -0.1) is 0 Å². The van der Waals surface area contributed by atoms with Gasteiger partial charge in [0, 0.05) is 44.5 Å². The second kappa shape index (κ2) is 8.48. The minimum Gasteiger partial charge on any atom is -0.392 e. The molecule has 134 valence electrons. The predicted octanol–water partition coefficient (Wildman–Crippen LogP) is 3.10. The lowest BCUT2D eigenvalue weighted by molar-refractivity contribution is 0.148. The van der Waals surface area contributed by atoms with Crippen LogP contribution in [-0.2, 0) is 13.2 Å². The molecule has 0 spiro atoms. The van der Waals surface area contributed by atoms with Gasteiger partial charge in [0.05, 0.1) is 6.61 Å². The number of benzene rings is 2. The number of hydrogen-bond donors (Lipinski definition) is 2. The molecule has 0 aliphatic carbocycles. The zero-order valence-corrected chi connectivity index (χ0v) is 15.3. The first kappa shape index (κ1) is 17.9. The van der Waals surface area contributed by atoms with Crippen molar-refractivity contribution in [1.82, 2.24) is 9.80 Å². The van der Waals surface area contributed by atoms with Gasteiger partial charge in [-0.2, -0.15) is 0 Å². The number of nitrogens with one attached hydrogen (secondary N) is 1. The molecule has 1 unspecified atom stereocenters. The third-order valence-corrected chi connectivity index (χ3v) is 4.95. The molecule has 2 aromatic rings. The summed E-state index contributed by atoms with van der Waals surface area (Å²) in [5, 5.41) is 12.9. The first-order valence-electron chi connectivity index (χ1n) is 9.10. The van der Waals surface area contributed by atoms with Crippen molar-refractivity contribution in [2.24, 2.45) is 0 Å². The first-order chi connectivity index (χ1) is 12.1. The summed E-state index contributed by atoms with van der Waals surface area (Å²) in [6.07, 6.45) is 0. The third kappa shape index (κ3) is 5.05. The monoisotopic (exact) mass is 339 g/mol. The molecule has 1 aliphatic rings. The van der Waals surface area contributed by atoms with Gasteiger partial charge in [0.1, 0.15) is 0 Å². The van der Waals surface area contributed by atoms with Crippen molar-refractivity contribution in [2.45, 2.75) is 26.1 Å². The van der Waals surface area contributed by atoms with Crippen LogP contribution in [0.5, 0.6) is 0 Å². The van der Waals surface area contributed by atoms with Crippen molar-refractivity contribution in [3.05, 3.63) is 65.2 Å². The van der Waals surface area contributed by atoms with Gasteiger partial charge in [-0.05, 0) is 42.8 Å². The largest absolute Gasteiger partial charge is 0.392 e. The van der Waals surface area contributed by atoms with Gasteiger partial charge in [0.15, 0.2) is 0 Å². The molecular weight excluding hydrogens is 310 g/mol. The van der Waals surface area contributed by atoms with E-state index in [1.165, 1.54) is 11.1 Å². The molecule has 1 heterocycles. The molecule has 0 aromatic heterocycles. The Morgan fingerprint density at radius 3 is 2.48 bits per heavy atom. The minimum atomic E-state index is 0.0844. The van der Waals surface area contributed by atoms with Crippen molar-refractivity contribution in [1.29, 1.82) is 0 Å². The highest BCUT2D eigenvalue weighted by atomic mass is 16.3. The molecule has 1 saturated heterocycles. The number of anilines is 1. The van der Waals surface area contributed by atoms with E-state index < -0.39 is 0 Å². The molecule has 2 aromatic carbocycles. The molecule has 0 saturated carbocycles. The fourth-order valence-electron chi connectivity index (χ4n) is 3.32. The zero-order valence-electron chi connectivity index (χ0n) is 15.3. The van der Waals surface area contributed by atoms with Crippen molar-refractivity contribution in [3.63, 3.8) is 0 Å². The molecule has 1 atom stereocenters. The molecule has 0 radical (unpaired) electrons. The van der Waals surface area contributed by atoms with Gasteiger partial charge in [0.2, 0.25) is 0 Å². The van der Waals surface area contributed by atoms with Crippen molar-refractivity contribution < 1.29 is 5.11 Å². The summed E-state index contributed by atoms with van der Waals surface area (Å²) in [5.74, 6) is 0. The summed E-state index contributed by atoms with van der Waals surface area (Å²) in [4.78, 5) is 4.91. The van der Waals surface area contributed by atoms with E-state index in [9.17, 15) is 5.11 Å². The number of rotatable bonds is 6. The van der Waals surface area contributed by atoms with Gasteiger partial charge < -0.3 is 15.3 Å². The Hall–Kier alpha value is -1.88. The molecule has 0 bridgehead atoms. The molecule has 1 aliphatic heterocycles. The smallest absolute Gasteiger partial charge is 0.0681 e. The van der Waals surface area contributed by atoms with E-state index in [-0.39, 0.29) is 12.6 Å². The summed E-state index contributed by atoms with van der Waals surface area (Å²) in [6.45, 7) is 7.83. The average Bonchev–Trinajstić information content (AvgIpc) is 2.64. The molecule has 1 fully saturated rings. The topological polar surface area (TPSA) is 38.7 Å². The molecule has 0 amide bonds. The van der Waals surface area contributed by atoms with Crippen molar-refractivity contribution in [2.75, 3.05) is 38.5 Å². The predicted molar refractivity (Wildman–Crippen MR) is 104 cm³/mol. The van der Waals surface area contributed by atoms with Crippen LogP contribution in [0.1, 0.15) is 29.7 Å². The SMILES string of the molecule is CC(Nc1cccc(CN2CCN(C)CC2)c1)c1cccc(CO)c1. The normalized spacial score (nSPS) is 17.4. The lowest BCUT2D eigenvalue weighted by atomic mass is 10.0. The third-order valence-electron chi connectivity index (χ3n) is 4.95. The van der Waals surface area contributed by atoms with Gasteiger partial charge in [-0.25, -0.2) is 0 Å². The van der Waals surface area contributed by atoms with E-state index in [1.54, 1.807) is 0 Å². The second-order valence-electron chi connectivity index (χ2n) is 7.05. The highest BCUT2D eigenvalue weighted by molar-refractivity contribution is 5.48. The Balaban J connectivity index is 1.62. The van der Waals surface area contributed by atoms with Gasteiger partial charge in [-0.3, -0.25) is 4.90 Å². The summed E-state index contributed by atoms with van der Waals surface area (Å²) in [5.41, 5.74) is 4.64. The van der Waals surface area contributed by atoms with Crippen LogP contribution in [0.4, 0.5) is 5.69 Å². The highest BCUT2D eigenvalue weighted by Crippen LogP contribution is 2.21. The zero-order chi connectivity index (χ0) is 17.6. The van der Waals surface area contributed by atoms with Crippen LogP contribution in [0.2, 0.25) is 0 Å². The second-order valence-corrected chi connectivity index (χ2v) is 7.05. The minimum absolute atomic E-state index is 0.0844. The summed E-state index contributed by atoms with van der Waals surface area (Å²) < 4.78 is 0. The van der Waals surface area contributed by atoms with Crippen LogP contribution in [-0.4, -0.2) is 48.1 Å². The van der Waals surface area contributed by atoms with E-state index in [2.05, 4.69) is 65.5 Å². The Kier molecular flexibility index (Phi) is 6.08. The molecule has 4 nitrogen and oxygen atoms in total. The highest BCUT2D eigenvalue weighted by Gasteiger charge is 2.14. The summed E-state index contributed by atoms with van der Waals surface area (Å²) in [6, 6.07) is 17.0. The number of hydrogen-bond acceptors (Lipinski definition) is 4. The maximum atomic E-state index is 9.31. The quantitative estimate of drug-likeness (QED) is 0.848. The van der Waals surface area contributed by atoms with Crippen LogP contribution in [0.15, 0.2) is 48.5 Å². The van der Waals surface area contributed by atoms with Gasteiger partial charge in [0.25, 0.3) is 0 Å². The maximum Gasteiger partial charge on any atom is 0.0681 e. The Morgan fingerprint density at radius 1 is 1.00 bits per heavy atom. The van der Waals surface area contributed by atoms with E-state index in [4.69, 9.17) is 0 Å². The van der Waals surface area contributed by atoms with E-state index in [1.807, 2.05) is 12.1 Å². The van der Waals surface area contributed by atoms with Crippen LogP contribution >= 0.6 is 0 Å². The van der Waals surface area contributed by atoms with Crippen molar-refractivity contribution >= 4 is 5.69 Å². The standard InChI is InChI=1S/C21H29N3O/c1-17(20-7-3-6-19(13-20)16-25)22-21-8-4-5-18(14-21)15-24-11-9-23(2)10-12-24/h3-8,13-14,17,22,25H,9-12,15-16H2,1-2H3. The Bertz CT molecular complexity index is 680. The molecular formula is C21H29N3O. The Labute approximate surface area is 151 Å². The van der Waals surface area contributed by atoms with E-state index >= 15 is 0 Å². The van der Waals surface area contributed by atoms with Crippen LogP contribution in [0.25, 0.3) is 0 Å². The molecule has 2 N–H and O–H groups in total. The first-order valence-corrected chi connectivity index (χ1v) is 9.10. The lowest BCUT2D eigenvalue weighted by Gasteiger charge is -2.32.